The number of hydrogen-bond acceptors (Lipinski definition) is 7. The predicted molar refractivity (Wildman–Crippen MR) is 141 cm³/mol. The SMILES string of the molecule is CC1=C[C@@H](CN2CCN(CCO)CC2)[C@H](C(C)C)C[C@H]1Cc1nnc(-c2ccc(N(C)C)cc2)o1. The van der Waals surface area contributed by atoms with Crippen LogP contribution in [0.2, 0.25) is 0 Å². The zero-order chi connectivity index (χ0) is 24.9. The van der Waals surface area contributed by atoms with Crippen molar-refractivity contribution >= 4 is 5.69 Å². The van der Waals surface area contributed by atoms with E-state index in [0.717, 1.165) is 62.8 Å². The van der Waals surface area contributed by atoms with Crippen molar-refractivity contribution in [2.45, 2.75) is 33.6 Å². The number of rotatable bonds is 9. The molecule has 1 aliphatic heterocycles. The maximum atomic E-state index is 9.21. The van der Waals surface area contributed by atoms with Crippen LogP contribution in [0.1, 0.15) is 33.1 Å². The van der Waals surface area contributed by atoms with Gasteiger partial charge in [0.05, 0.1) is 6.61 Å². The van der Waals surface area contributed by atoms with Gasteiger partial charge < -0.3 is 19.3 Å². The van der Waals surface area contributed by atoms with Gasteiger partial charge in [0.15, 0.2) is 0 Å². The average molecular weight is 482 g/mol. The summed E-state index contributed by atoms with van der Waals surface area (Å²) in [7, 11) is 4.07. The monoisotopic (exact) mass is 481 g/mol. The van der Waals surface area contributed by atoms with Crippen LogP contribution in [0.5, 0.6) is 0 Å². The molecule has 1 saturated heterocycles. The summed E-state index contributed by atoms with van der Waals surface area (Å²) in [5.74, 6) is 3.65. The quantitative estimate of drug-likeness (QED) is 0.546. The van der Waals surface area contributed by atoms with E-state index in [9.17, 15) is 5.11 Å². The molecular weight excluding hydrogens is 438 g/mol. The highest BCUT2D eigenvalue weighted by Crippen LogP contribution is 2.39. The fourth-order valence-corrected chi connectivity index (χ4v) is 5.69. The molecule has 0 unspecified atom stereocenters. The average Bonchev–Trinajstić information content (AvgIpc) is 3.30. The Morgan fingerprint density at radius 2 is 1.74 bits per heavy atom. The summed E-state index contributed by atoms with van der Waals surface area (Å²) < 4.78 is 6.10. The summed E-state index contributed by atoms with van der Waals surface area (Å²) in [5, 5.41) is 17.9. The zero-order valence-corrected chi connectivity index (χ0v) is 22.2. The van der Waals surface area contributed by atoms with Crippen LogP contribution in [0, 0.1) is 23.7 Å². The van der Waals surface area contributed by atoms with E-state index in [4.69, 9.17) is 4.42 Å². The lowest BCUT2D eigenvalue weighted by Crippen LogP contribution is -2.49. The van der Waals surface area contributed by atoms with Gasteiger partial charge >= 0.3 is 0 Å². The van der Waals surface area contributed by atoms with Crippen molar-refractivity contribution in [3.63, 3.8) is 0 Å². The molecule has 2 aliphatic rings. The number of benzene rings is 1. The van der Waals surface area contributed by atoms with Crippen molar-refractivity contribution in [3.8, 4) is 11.5 Å². The highest BCUT2D eigenvalue weighted by Gasteiger charge is 2.34. The van der Waals surface area contributed by atoms with Crippen molar-refractivity contribution in [2.75, 3.05) is 64.9 Å². The molecule has 0 saturated carbocycles. The van der Waals surface area contributed by atoms with Gasteiger partial charge in [0.25, 0.3) is 0 Å². The van der Waals surface area contributed by atoms with Gasteiger partial charge in [-0.2, -0.15) is 0 Å². The molecular formula is C28H43N5O2. The lowest BCUT2D eigenvalue weighted by Gasteiger charge is -2.41. The summed E-state index contributed by atoms with van der Waals surface area (Å²) in [5.41, 5.74) is 3.57. The summed E-state index contributed by atoms with van der Waals surface area (Å²) in [6, 6.07) is 8.24. The molecule has 7 heteroatoms. The molecule has 0 bridgehead atoms. The Hall–Kier alpha value is -2.22. The van der Waals surface area contributed by atoms with Crippen LogP contribution >= 0.6 is 0 Å². The second-order valence-electron chi connectivity index (χ2n) is 10.9. The molecule has 4 rings (SSSR count). The Morgan fingerprint density at radius 1 is 1.06 bits per heavy atom. The first-order chi connectivity index (χ1) is 16.8. The van der Waals surface area contributed by atoms with Crippen molar-refractivity contribution in [2.24, 2.45) is 23.7 Å². The van der Waals surface area contributed by atoms with Crippen molar-refractivity contribution in [3.05, 3.63) is 41.8 Å². The maximum absolute atomic E-state index is 9.21. The Bertz CT molecular complexity index is 960. The van der Waals surface area contributed by atoms with Gasteiger partial charge in [-0.05, 0) is 61.3 Å². The van der Waals surface area contributed by atoms with E-state index in [1.807, 2.05) is 26.2 Å². The second-order valence-corrected chi connectivity index (χ2v) is 10.9. The Kier molecular flexibility index (Phi) is 8.63. The number of piperazine rings is 1. The number of nitrogens with zero attached hydrogens (tertiary/aromatic N) is 5. The molecule has 3 atom stereocenters. The fourth-order valence-electron chi connectivity index (χ4n) is 5.69. The highest BCUT2D eigenvalue weighted by molar-refractivity contribution is 5.58. The Morgan fingerprint density at radius 3 is 2.37 bits per heavy atom. The molecule has 1 aromatic heterocycles. The highest BCUT2D eigenvalue weighted by atomic mass is 16.4. The van der Waals surface area contributed by atoms with E-state index in [1.165, 1.54) is 12.0 Å². The van der Waals surface area contributed by atoms with Crippen LogP contribution < -0.4 is 4.90 Å². The van der Waals surface area contributed by atoms with E-state index >= 15 is 0 Å². The molecule has 1 aliphatic carbocycles. The van der Waals surface area contributed by atoms with Crippen LogP contribution in [0.3, 0.4) is 0 Å². The molecule has 7 nitrogen and oxygen atoms in total. The second kappa shape index (κ2) is 11.7. The first-order valence-corrected chi connectivity index (χ1v) is 13.2. The lowest BCUT2D eigenvalue weighted by molar-refractivity contribution is 0.0887. The van der Waals surface area contributed by atoms with Crippen LogP contribution in [-0.4, -0.2) is 85.1 Å². The minimum Gasteiger partial charge on any atom is -0.421 e. The van der Waals surface area contributed by atoms with Crippen LogP contribution in [0.15, 0.2) is 40.3 Å². The molecule has 192 valence electrons. The van der Waals surface area contributed by atoms with Gasteiger partial charge in [0, 0.05) is 71.0 Å². The summed E-state index contributed by atoms with van der Waals surface area (Å²) in [6.07, 6.45) is 4.52. The van der Waals surface area contributed by atoms with E-state index in [0.29, 0.717) is 29.6 Å². The van der Waals surface area contributed by atoms with E-state index < -0.39 is 0 Å². The molecule has 1 fully saturated rings. The van der Waals surface area contributed by atoms with Gasteiger partial charge in [-0.1, -0.05) is 25.5 Å². The first kappa shape index (κ1) is 25.9. The topological polar surface area (TPSA) is 68.9 Å². The zero-order valence-electron chi connectivity index (χ0n) is 22.2. The van der Waals surface area contributed by atoms with Crippen LogP contribution in [0.4, 0.5) is 5.69 Å². The minimum atomic E-state index is 0.256. The van der Waals surface area contributed by atoms with Crippen molar-refractivity contribution in [1.29, 1.82) is 0 Å². The summed E-state index contributed by atoms with van der Waals surface area (Å²) in [4.78, 5) is 7.06. The first-order valence-electron chi connectivity index (χ1n) is 13.2. The molecule has 1 aromatic carbocycles. The number of aliphatic hydroxyl groups excluding tert-OH is 1. The van der Waals surface area contributed by atoms with Crippen molar-refractivity contribution in [1.82, 2.24) is 20.0 Å². The molecule has 0 spiro atoms. The van der Waals surface area contributed by atoms with E-state index in [1.54, 1.807) is 0 Å². The fraction of sp³-hybridized carbons (Fsp3) is 0.643. The van der Waals surface area contributed by atoms with Crippen LogP contribution in [-0.2, 0) is 6.42 Å². The smallest absolute Gasteiger partial charge is 0.247 e. The molecule has 0 radical (unpaired) electrons. The van der Waals surface area contributed by atoms with Gasteiger partial charge in [0.2, 0.25) is 11.8 Å². The third kappa shape index (κ3) is 6.51. The molecule has 0 amide bonds. The lowest BCUT2D eigenvalue weighted by atomic mass is 9.69. The van der Waals surface area contributed by atoms with Gasteiger partial charge in [-0.15, -0.1) is 10.2 Å². The standard InChI is InChI=1S/C28H43N5O2/c1-20(2)26-17-23(21(3)16-24(26)19-33-12-10-32(11-13-33)14-15-34)18-27-29-30-28(35-27)22-6-8-25(9-7-22)31(4)5/h6-9,16,20,23-24,26,34H,10-15,17-19H2,1-5H3/t23-,24-,26-/m0/s1. The number of aliphatic hydroxyl groups is 1. The van der Waals surface area contributed by atoms with E-state index in [2.05, 4.69) is 63.9 Å². The molecule has 1 N–H and O–H groups in total. The van der Waals surface area contributed by atoms with E-state index in [-0.39, 0.29) is 6.61 Å². The normalized spacial score (nSPS) is 24.1. The van der Waals surface area contributed by atoms with Crippen molar-refractivity contribution < 1.29 is 9.52 Å². The number of β-amino-alcohol motifs (C(OH)–C–C–N with tert-alkyl or cyclic N) is 1. The molecule has 2 aromatic rings. The number of allylic oxidation sites excluding steroid dienone is 1. The largest absolute Gasteiger partial charge is 0.421 e. The minimum absolute atomic E-state index is 0.256. The number of hydrogen-bond donors (Lipinski definition) is 1. The Labute approximate surface area is 210 Å². The summed E-state index contributed by atoms with van der Waals surface area (Å²) >= 11 is 0. The third-order valence-electron chi connectivity index (χ3n) is 7.95. The Balaban J connectivity index is 1.39. The third-order valence-corrected chi connectivity index (χ3v) is 7.95. The molecule has 35 heavy (non-hydrogen) atoms. The predicted octanol–water partition coefficient (Wildman–Crippen LogP) is 3.81. The summed E-state index contributed by atoms with van der Waals surface area (Å²) in [6.45, 7) is 13.5. The molecule has 2 heterocycles. The van der Waals surface area contributed by atoms with Crippen LogP contribution in [0.25, 0.3) is 11.5 Å². The number of anilines is 1. The van der Waals surface area contributed by atoms with Gasteiger partial charge in [-0.25, -0.2) is 0 Å². The number of aromatic nitrogens is 2. The van der Waals surface area contributed by atoms with Gasteiger partial charge in [-0.3, -0.25) is 4.90 Å². The maximum Gasteiger partial charge on any atom is 0.247 e. The van der Waals surface area contributed by atoms with Gasteiger partial charge in [0.1, 0.15) is 0 Å².